The molecule has 3 N–H and O–H groups in total. The van der Waals surface area contributed by atoms with Crippen LogP contribution in [0.15, 0.2) is 29.2 Å². The second-order valence-electron chi connectivity index (χ2n) is 3.89. The summed E-state index contributed by atoms with van der Waals surface area (Å²) in [5.41, 5.74) is 6.54. The summed E-state index contributed by atoms with van der Waals surface area (Å²) in [6.07, 6.45) is 1.17. The van der Waals surface area contributed by atoms with E-state index in [4.69, 9.17) is 18.0 Å². The number of hydrogen-bond acceptors (Lipinski definition) is 5. The number of benzene rings is 1. The topological polar surface area (TPSA) is 93.8 Å². The standard InChI is InChI=1S/C10H12N4O2S2/c1-18(15,16)8-4-2-7(3-5-8)6-14-9(11)12-13-10(14)17/h2-5H,6H2,1H3,(H2,11,12)(H,13,17). The van der Waals surface area contributed by atoms with Crippen molar-refractivity contribution in [2.75, 3.05) is 12.0 Å². The van der Waals surface area contributed by atoms with Gasteiger partial charge in [-0.2, -0.15) is 0 Å². The molecule has 0 saturated heterocycles. The normalized spacial score (nSPS) is 11.6. The first-order chi connectivity index (χ1) is 8.38. The van der Waals surface area contributed by atoms with Crippen LogP contribution in [0.5, 0.6) is 0 Å². The first kappa shape index (κ1) is 12.8. The Bertz CT molecular complexity index is 713. The third-order valence-electron chi connectivity index (χ3n) is 2.48. The van der Waals surface area contributed by atoms with E-state index in [2.05, 4.69) is 10.2 Å². The van der Waals surface area contributed by atoms with Crippen LogP contribution in [0, 0.1) is 4.77 Å². The molecule has 0 bridgehead atoms. The predicted molar refractivity (Wildman–Crippen MR) is 70.5 cm³/mol. The number of aromatic nitrogens is 3. The van der Waals surface area contributed by atoms with Gasteiger partial charge in [-0.1, -0.05) is 12.1 Å². The van der Waals surface area contributed by atoms with Gasteiger partial charge in [-0.15, -0.1) is 5.10 Å². The average Bonchev–Trinajstić information content (AvgIpc) is 2.60. The second-order valence-corrected chi connectivity index (χ2v) is 6.29. The van der Waals surface area contributed by atoms with E-state index in [9.17, 15) is 8.42 Å². The number of nitrogens with two attached hydrogens (primary N) is 1. The molecule has 0 saturated carbocycles. The van der Waals surface area contributed by atoms with Gasteiger partial charge in [0.1, 0.15) is 0 Å². The summed E-state index contributed by atoms with van der Waals surface area (Å²) in [6, 6.07) is 6.57. The van der Waals surface area contributed by atoms with Crippen molar-refractivity contribution in [3.63, 3.8) is 0 Å². The van der Waals surface area contributed by atoms with Crippen LogP contribution in [0.2, 0.25) is 0 Å². The highest BCUT2D eigenvalue weighted by Crippen LogP contribution is 2.12. The van der Waals surface area contributed by atoms with E-state index in [1.54, 1.807) is 28.8 Å². The van der Waals surface area contributed by atoms with Crippen LogP contribution >= 0.6 is 12.2 Å². The van der Waals surface area contributed by atoms with E-state index in [-0.39, 0.29) is 4.90 Å². The van der Waals surface area contributed by atoms with Crippen LogP contribution in [-0.4, -0.2) is 29.4 Å². The molecule has 0 aliphatic carbocycles. The number of H-pyrrole nitrogens is 1. The van der Waals surface area contributed by atoms with Crippen LogP contribution in [0.1, 0.15) is 5.56 Å². The number of anilines is 1. The van der Waals surface area contributed by atoms with E-state index in [1.807, 2.05) is 0 Å². The van der Waals surface area contributed by atoms with E-state index >= 15 is 0 Å². The van der Waals surface area contributed by atoms with Crippen molar-refractivity contribution >= 4 is 28.0 Å². The molecule has 0 spiro atoms. The fraction of sp³-hybridized carbons (Fsp3) is 0.200. The zero-order chi connectivity index (χ0) is 13.3. The molecule has 8 heteroatoms. The number of hydrogen-bond donors (Lipinski definition) is 2. The molecular formula is C10H12N4O2S2. The monoisotopic (exact) mass is 284 g/mol. The van der Waals surface area contributed by atoms with E-state index in [0.29, 0.717) is 17.3 Å². The minimum atomic E-state index is -3.17. The molecule has 0 aliphatic rings. The first-order valence-corrected chi connectivity index (χ1v) is 7.37. The molecule has 2 rings (SSSR count). The molecule has 0 amide bonds. The van der Waals surface area contributed by atoms with Gasteiger partial charge in [-0.05, 0) is 29.9 Å². The molecule has 0 aliphatic heterocycles. The lowest BCUT2D eigenvalue weighted by molar-refractivity contribution is 0.602. The summed E-state index contributed by atoms with van der Waals surface area (Å²) in [4.78, 5) is 0.287. The number of sulfone groups is 1. The molecule has 96 valence electrons. The van der Waals surface area contributed by atoms with Crippen molar-refractivity contribution < 1.29 is 8.42 Å². The van der Waals surface area contributed by atoms with Crippen LogP contribution < -0.4 is 5.73 Å². The number of nitrogens with zero attached hydrogens (tertiary/aromatic N) is 2. The minimum Gasteiger partial charge on any atom is -0.368 e. The zero-order valence-corrected chi connectivity index (χ0v) is 11.3. The van der Waals surface area contributed by atoms with Crippen molar-refractivity contribution in [1.29, 1.82) is 0 Å². The number of rotatable bonds is 3. The maximum atomic E-state index is 11.3. The largest absolute Gasteiger partial charge is 0.368 e. The Labute approximate surface area is 109 Å². The van der Waals surface area contributed by atoms with Gasteiger partial charge in [0.05, 0.1) is 11.4 Å². The van der Waals surface area contributed by atoms with Crippen LogP contribution in [-0.2, 0) is 16.4 Å². The summed E-state index contributed by atoms with van der Waals surface area (Å²) in [6.45, 7) is 0.450. The molecule has 0 fully saturated rings. The Morgan fingerprint density at radius 2 is 2.00 bits per heavy atom. The smallest absolute Gasteiger partial charge is 0.220 e. The Hall–Kier alpha value is -1.67. The number of nitrogens with one attached hydrogen (secondary N) is 1. The van der Waals surface area contributed by atoms with E-state index < -0.39 is 9.84 Å². The summed E-state index contributed by atoms with van der Waals surface area (Å²) in [5.74, 6) is 0.298. The van der Waals surface area contributed by atoms with Crippen molar-refractivity contribution in [1.82, 2.24) is 14.8 Å². The molecule has 18 heavy (non-hydrogen) atoms. The SMILES string of the molecule is CS(=O)(=O)c1ccc(Cn2c(N)n[nH]c2=S)cc1. The van der Waals surface area contributed by atoms with Gasteiger partial charge >= 0.3 is 0 Å². The maximum absolute atomic E-state index is 11.3. The van der Waals surface area contributed by atoms with Crippen molar-refractivity contribution in [3.8, 4) is 0 Å². The lowest BCUT2D eigenvalue weighted by Gasteiger charge is -2.05. The van der Waals surface area contributed by atoms with Gasteiger partial charge in [0.25, 0.3) is 0 Å². The highest BCUT2D eigenvalue weighted by Gasteiger charge is 2.07. The molecule has 0 radical (unpaired) electrons. The Morgan fingerprint density at radius 3 is 2.44 bits per heavy atom. The quantitative estimate of drug-likeness (QED) is 0.819. The third kappa shape index (κ3) is 2.59. The molecule has 6 nitrogen and oxygen atoms in total. The Kier molecular flexibility index (Phi) is 3.22. The molecular weight excluding hydrogens is 272 g/mol. The van der Waals surface area contributed by atoms with Crippen molar-refractivity contribution in [2.24, 2.45) is 0 Å². The Morgan fingerprint density at radius 1 is 1.39 bits per heavy atom. The lowest BCUT2D eigenvalue weighted by atomic mass is 10.2. The molecule has 1 aromatic carbocycles. The highest BCUT2D eigenvalue weighted by molar-refractivity contribution is 7.90. The van der Waals surface area contributed by atoms with Gasteiger partial charge < -0.3 is 5.73 Å². The number of nitrogen functional groups attached to an aromatic ring is 1. The summed E-state index contributed by atoms with van der Waals surface area (Å²) < 4.78 is 24.7. The molecule has 0 atom stereocenters. The minimum absolute atomic E-state index is 0.287. The van der Waals surface area contributed by atoms with Gasteiger partial charge in [0.15, 0.2) is 14.6 Å². The fourth-order valence-corrected chi connectivity index (χ4v) is 2.34. The van der Waals surface area contributed by atoms with Crippen LogP contribution in [0.3, 0.4) is 0 Å². The predicted octanol–water partition coefficient (Wildman–Crippen LogP) is 0.975. The van der Waals surface area contributed by atoms with Crippen LogP contribution in [0.25, 0.3) is 0 Å². The van der Waals surface area contributed by atoms with Gasteiger partial charge in [-0.3, -0.25) is 4.57 Å². The molecule has 1 heterocycles. The molecule has 0 unspecified atom stereocenters. The van der Waals surface area contributed by atoms with Gasteiger partial charge in [-0.25, -0.2) is 13.5 Å². The maximum Gasteiger partial charge on any atom is 0.220 e. The van der Waals surface area contributed by atoms with Gasteiger partial charge in [0, 0.05) is 6.26 Å². The third-order valence-corrected chi connectivity index (χ3v) is 3.92. The highest BCUT2D eigenvalue weighted by atomic mass is 32.2. The fourth-order valence-electron chi connectivity index (χ4n) is 1.51. The zero-order valence-electron chi connectivity index (χ0n) is 9.62. The summed E-state index contributed by atoms with van der Waals surface area (Å²) in [7, 11) is -3.17. The first-order valence-electron chi connectivity index (χ1n) is 5.07. The van der Waals surface area contributed by atoms with Crippen LogP contribution in [0.4, 0.5) is 5.95 Å². The second kappa shape index (κ2) is 4.54. The lowest BCUT2D eigenvalue weighted by Crippen LogP contribution is -2.05. The Balaban J connectivity index is 2.30. The van der Waals surface area contributed by atoms with Crippen molar-refractivity contribution in [2.45, 2.75) is 11.4 Å². The van der Waals surface area contributed by atoms with Gasteiger partial charge in [0.2, 0.25) is 5.95 Å². The summed E-state index contributed by atoms with van der Waals surface area (Å²) >= 11 is 5.03. The number of aromatic amines is 1. The van der Waals surface area contributed by atoms with Crippen molar-refractivity contribution in [3.05, 3.63) is 34.6 Å². The average molecular weight is 284 g/mol. The van der Waals surface area contributed by atoms with E-state index in [0.717, 1.165) is 5.56 Å². The summed E-state index contributed by atoms with van der Waals surface area (Å²) in [5, 5.41) is 6.38. The molecule has 2 aromatic rings. The molecule has 1 aromatic heterocycles. The van der Waals surface area contributed by atoms with E-state index in [1.165, 1.54) is 6.26 Å².